The van der Waals surface area contributed by atoms with E-state index in [-0.39, 0.29) is 12.4 Å². The van der Waals surface area contributed by atoms with E-state index in [1.54, 1.807) is 30.3 Å². The van der Waals surface area contributed by atoms with Crippen LogP contribution in [0.1, 0.15) is 16.8 Å². The quantitative estimate of drug-likeness (QED) is 0.457. The lowest BCUT2D eigenvalue weighted by atomic mass is 10.0. The Hall–Kier alpha value is -1.46. The molecule has 0 radical (unpaired) electrons. The van der Waals surface area contributed by atoms with Gasteiger partial charge < -0.3 is 14.4 Å². The van der Waals surface area contributed by atoms with Gasteiger partial charge in [0.15, 0.2) is 0 Å². The van der Waals surface area contributed by atoms with Crippen LogP contribution < -0.4 is 4.74 Å². The fourth-order valence-electron chi connectivity index (χ4n) is 2.36. The zero-order valence-corrected chi connectivity index (χ0v) is 17.2. The number of carbonyl (C=O) groups excluding carboxylic acids is 1. The van der Waals surface area contributed by atoms with Crippen molar-refractivity contribution in [3.05, 3.63) is 52.0 Å². The van der Waals surface area contributed by atoms with Crippen LogP contribution in [-0.4, -0.2) is 45.2 Å². The summed E-state index contributed by atoms with van der Waals surface area (Å²) in [5.74, 6) is 0.158. The summed E-state index contributed by atoms with van der Waals surface area (Å²) in [5, 5.41) is 1.11. The smallest absolute Gasteiger partial charge is 0.338 e. The Balaban J connectivity index is 0.00000338. The van der Waals surface area contributed by atoms with Crippen LogP contribution in [-0.2, 0) is 4.74 Å². The van der Waals surface area contributed by atoms with Crippen molar-refractivity contribution in [3.8, 4) is 16.9 Å². The van der Waals surface area contributed by atoms with Gasteiger partial charge in [-0.15, -0.1) is 12.4 Å². The first-order valence-electron chi connectivity index (χ1n) is 7.87. The Morgan fingerprint density at radius 1 is 1.12 bits per heavy atom. The molecule has 0 spiro atoms. The average molecular weight is 419 g/mol. The third-order valence-corrected chi connectivity index (χ3v) is 4.15. The van der Waals surface area contributed by atoms with Gasteiger partial charge in [0.25, 0.3) is 0 Å². The van der Waals surface area contributed by atoms with E-state index in [9.17, 15) is 4.79 Å². The molecule has 0 atom stereocenters. The van der Waals surface area contributed by atoms with Gasteiger partial charge in [0.2, 0.25) is 0 Å². The third-order valence-electron chi connectivity index (χ3n) is 3.59. The van der Waals surface area contributed by atoms with E-state index in [4.69, 9.17) is 32.7 Å². The van der Waals surface area contributed by atoms with Gasteiger partial charge in [-0.2, -0.15) is 0 Å². The lowest BCUT2D eigenvalue weighted by Gasteiger charge is -2.13. The number of esters is 1. The highest BCUT2D eigenvalue weighted by molar-refractivity contribution is 6.35. The number of benzene rings is 2. The number of hydrogen-bond donors (Lipinski definition) is 0. The number of nitrogens with zero attached hydrogens (tertiary/aromatic N) is 1. The molecule has 0 aromatic heterocycles. The molecule has 4 nitrogen and oxygen atoms in total. The topological polar surface area (TPSA) is 38.8 Å². The molecule has 0 N–H and O–H groups in total. The highest BCUT2D eigenvalue weighted by atomic mass is 35.5. The Labute approximate surface area is 170 Å². The molecule has 0 fully saturated rings. The van der Waals surface area contributed by atoms with Crippen LogP contribution in [0.4, 0.5) is 0 Å². The molecule has 2 rings (SSSR count). The lowest BCUT2D eigenvalue weighted by molar-refractivity contribution is 0.0600. The van der Waals surface area contributed by atoms with Crippen LogP contribution >= 0.6 is 35.6 Å². The molecule has 0 heterocycles. The number of ether oxygens (including phenoxy) is 2. The first-order chi connectivity index (χ1) is 11.9. The second-order valence-electron chi connectivity index (χ2n) is 5.87. The van der Waals surface area contributed by atoms with Crippen molar-refractivity contribution in [3.63, 3.8) is 0 Å². The summed E-state index contributed by atoms with van der Waals surface area (Å²) in [7, 11) is 5.37. The van der Waals surface area contributed by atoms with Gasteiger partial charge in [0, 0.05) is 22.2 Å². The molecule has 0 saturated carbocycles. The number of hydrogen-bond acceptors (Lipinski definition) is 4. The molecular formula is C19H22Cl3NO3. The molecular weight excluding hydrogens is 397 g/mol. The fraction of sp³-hybridized carbons (Fsp3) is 0.316. The monoisotopic (exact) mass is 417 g/mol. The standard InChI is InChI=1S/C19H21Cl2NO3.ClH/c1-22(2)7-4-8-25-16-10-13(9-14(11-16)19(23)24-3)17-12-15(20)5-6-18(17)21;/h5-6,9-12H,4,7-8H2,1-3H3;1H. The summed E-state index contributed by atoms with van der Waals surface area (Å²) in [4.78, 5) is 14.1. The van der Waals surface area contributed by atoms with E-state index in [2.05, 4.69) is 4.90 Å². The predicted octanol–water partition coefficient (Wildman–Crippen LogP) is 5.20. The second-order valence-corrected chi connectivity index (χ2v) is 6.71. The largest absolute Gasteiger partial charge is 0.493 e. The zero-order valence-electron chi connectivity index (χ0n) is 14.9. The van der Waals surface area contributed by atoms with Crippen molar-refractivity contribution in [1.29, 1.82) is 0 Å². The van der Waals surface area contributed by atoms with E-state index < -0.39 is 5.97 Å². The molecule has 0 aliphatic heterocycles. The lowest BCUT2D eigenvalue weighted by Crippen LogP contribution is -2.15. The van der Waals surface area contributed by atoms with Crippen LogP contribution in [0.3, 0.4) is 0 Å². The minimum absolute atomic E-state index is 0. The maximum absolute atomic E-state index is 12.0. The summed E-state index contributed by atoms with van der Waals surface area (Å²) in [6, 6.07) is 10.4. The van der Waals surface area contributed by atoms with Crippen LogP contribution in [0.25, 0.3) is 11.1 Å². The molecule has 142 valence electrons. The number of carbonyl (C=O) groups is 1. The minimum Gasteiger partial charge on any atom is -0.493 e. The van der Waals surface area contributed by atoms with E-state index >= 15 is 0 Å². The first-order valence-corrected chi connectivity index (χ1v) is 8.62. The Morgan fingerprint density at radius 2 is 1.85 bits per heavy atom. The highest BCUT2D eigenvalue weighted by Gasteiger charge is 2.13. The first kappa shape index (κ1) is 22.6. The minimum atomic E-state index is -0.432. The summed E-state index contributed by atoms with van der Waals surface area (Å²) in [6.45, 7) is 1.47. The Kier molecular flexibility index (Phi) is 9.23. The molecule has 26 heavy (non-hydrogen) atoms. The van der Waals surface area contributed by atoms with E-state index in [1.807, 2.05) is 20.2 Å². The van der Waals surface area contributed by atoms with Gasteiger partial charge >= 0.3 is 5.97 Å². The van der Waals surface area contributed by atoms with Gasteiger partial charge in [0.1, 0.15) is 5.75 Å². The molecule has 0 aliphatic carbocycles. The molecule has 7 heteroatoms. The van der Waals surface area contributed by atoms with Crippen LogP contribution in [0, 0.1) is 0 Å². The maximum atomic E-state index is 12.0. The summed E-state index contributed by atoms with van der Waals surface area (Å²) in [5.41, 5.74) is 1.88. The second kappa shape index (κ2) is 10.6. The molecule has 2 aromatic rings. The van der Waals surface area contributed by atoms with Crippen molar-refractivity contribution in [2.75, 3.05) is 34.4 Å². The van der Waals surface area contributed by atoms with Crippen molar-refractivity contribution < 1.29 is 14.3 Å². The fourth-order valence-corrected chi connectivity index (χ4v) is 2.76. The zero-order chi connectivity index (χ0) is 18.4. The number of methoxy groups -OCH3 is 1. The van der Waals surface area contributed by atoms with Gasteiger partial charge in [-0.05, 0) is 62.5 Å². The summed E-state index contributed by atoms with van der Waals surface area (Å²) >= 11 is 12.4. The number of rotatable bonds is 7. The van der Waals surface area contributed by atoms with Crippen molar-refractivity contribution in [2.24, 2.45) is 0 Å². The van der Waals surface area contributed by atoms with E-state index in [0.717, 1.165) is 24.1 Å². The van der Waals surface area contributed by atoms with E-state index in [1.165, 1.54) is 7.11 Å². The van der Waals surface area contributed by atoms with Gasteiger partial charge in [-0.1, -0.05) is 23.2 Å². The Morgan fingerprint density at radius 3 is 2.50 bits per heavy atom. The molecule has 0 unspecified atom stereocenters. The van der Waals surface area contributed by atoms with Crippen LogP contribution in [0.5, 0.6) is 5.75 Å². The molecule has 0 saturated heterocycles. The van der Waals surface area contributed by atoms with Crippen LogP contribution in [0.15, 0.2) is 36.4 Å². The van der Waals surface area contributed by atoms with Gasteiger partial charge in [-0.25, -0.2) is 4.79 Å². The molecule has 2 aromatic carbocycles. The Bertz CT molecular complexity index is 751. The number of halogens is 3. The normalized spacial score (nSPS) is 10.4. The summed E-state index contributed by atoms with van der Waals surface area (Å²) in [6.07, 6.45) is 0.878. The molecule has 0 amide bonds. The van der Waals surface area contributed by atoms with Crippen molar-refractivity contribution in [1.82, 2.24) is 4.90 Å². The SMILES string of the molecule is COC(=O)c1cc(OCCCN(C)C)cc(-c2cc(Cl)ccc2Cl)c1.Cl. The van der Waals surface area contributed by atoms with Crippen molar-refractivity contribution in [2.45, 2.75) is 6.42 Å². The van der Waals surface area contributed by atoms with Crippen LogP contribution in [0.2, 0.25) is 10.0 Å². The van der Waals surface area contributed by atoms with Gasteiger partial charge in [0.05, 0.1) is 19.3 Å². The van der Waals surface area contributed by atoms with E-state index in [0.29, 0.717) is 28.0 Å². The molecule has 0 bridgehead atoms. The average Bonchev–Trinajstić information content (AvgIpc) is 2.59. The molecule has 0 aliphatic rings. The third kappa shape index (κ3) is 6.36. The maximum Gasteiger partial charge on any atom is 0.338 e. The van der Waals surface area contributed by atoms with Crippen molar-refractivity contribution >= 4 is 41.6 Å². The summed E-state index contributed by atoms with van der Waals surface area (Å²) < 4.78 is 10.6. The van der Waals surface area contributed by atoms with Gasteiger partial charge in [-0.3, -0.25) is 0 Å². The highest BCUT2D eigenvalue weighted by Crippen LogP contribution is 2.33. The predicted molar refractivity (Wildman–Crippen MR) is 109 cm³/mol.